The number of hydrogen-bond donors (Lipinski definition) is 0. The van der Waals surface area contributed by atoms with Gasteiger partial charge in [-0.2, -0.15) is 5.10 Å². The second-order valence-electron chi connectivity index (χ2n) is 8.45. The van der Waals surface area contributed by atoms with E-state index in [9.17, 15) is 8.42 Å². The molecule has 2 aliphatic heterocycles. The smallest absolute Gasteiger partial charge is 0.211 e. The van der Waals surface area contributed by atoms with Crippen molar-refractivity contribution < 1.29 is 13.2 Å². The Bertz CT molecular complexity index is 760. The van der Waals surface area contributed by atoms with Crippen molar-refractivity contribution >= 4 is 10.0 Å². The molecule has 2 aliphatic rings. The molecule has 0 saturated carbocycles. The number of nitrogens with zero attached hydrogens (tertiary/aromatic N) is 5. The van der Waals surface area contributed by atoms with Crippen molar-refractivity contribution in [1.29, 1.82) is 0 Å². The summed E-state index contributed by atoms with van der Waals surface area (Å²) in [6, 6.07) is 0.775. The van der Waals surface area contributed by atoms with Gasteiger partial charge in [-0.1, -0.05) is 0 Å². The summed E-state index contributed by atoms with van der Waals surface area (Å²) < 4.78 is 33.2. The number of rotatable bonds is 9. The third-order valence-corrected chi connectivity index (χ3v) is 7.68. The Morgan fingerprint density at radius 2 is 1.93 bits per heavy atom. The molecule has 0 amide bonds. The van der Waals surface area contributed by atoms with Gasteiger partial charge in [0.25, 0.3) is 0 Å². The highest BCUT2D eigenvalue weighted by Gasteiger charge is 2.35. The van der Waals surface area contributed by atoms with Gasteiger partial charge in [0, 0.05) is 75.8 Å². The molecule has 0 aromatic carbocycles. The van der Waals surface area contributed by atoms with Gasteiger partial charge in [-0.15, -0.1) is 0 Å². The monoisotopic (exact) mass is 427 g/mol. The van der Waals surface area contributed by atoms with Gasteiger partial charge >= 0.3 is 0 Å². The normalized spacial score (nSPS) is 22.2. The van der Waals surface area contributed by atoms with Crippen LogP contribution in [0.25, 0.3) is 0 Å². The number of hydrogen-bond acceptors (Lipinski definition) is 6. The van der Waals surface area contributed by atoms with E-state index in [2.05, 4.69) is 35.8 Å². The molecule has 9 heteroatoms. The number of aromatic nitrogens is 2. The minimum absolute atomic E-state index is 0.297. The van der Waals surface area contributed by atoms with E-state index in [0.29, 0.717) is 25.2 Å². The summed E-state index contributed by atoms with van der Waals surface area (Å²) in [5.41, 5.74) is 2.51. The zero-order valence-corrected chi connectivity index (χ0v) is 19.2. The first-order chi connectivity index (χ1) is 13.8. The number of sulfonamides is 1. The molecule has 3 rings (SSSR count). The van der Waals surface area contributed by atoms with E-state index in [1.807, 2.05) is 10.9 Å². The van der Waals surface area contributed by atoms with Gasteiger partial charge in [0.1, 0.15) is 0 Å². The largest absolute Gasteiger partial charge is 0.381 e. The summed E-state index contributed by atoms with van der Waals surface area (Å²) in [6.07, 6.45) is 6.27. The molecule has 1 unspecified atom stereocenters. The van der Waals surface area contributed by atoms with Crippen molar-refractivity contribution in [1.82, 2.24) is 23.9 Å². The van der Waals surface area contributed by atoms with Crippen LogP contribution < -0.4 is 0 Å². The summed E-state index contributed by atoms with van der Waals surface area (Å²) in [7, 11) is -0.959. The van der Waals surface area contributed by atoms with E-state index in [1.54, 1.807) is 4.31 Å². The highest BCUT2D eigenvalue weighted by Crippen LogP contribution is 2.24. The molecule has 0 aliphatic carbocycles. The maximum atomic E-state index is 12.0. The first-order valence-corrected chi connectivity index (χ1v) is 12.6. The fourth-order valence-electron chi connectivity index (χ4n) is 4.58. The van der Waals surface area contributed by atoms with Crippen LogP contribution in [0.15, 0.2) is 6.20 Å². The van der Waals surface area contributed by atoms with Crippen LogP contribution in [0.4, 0.5) is 0 Å². The summed E-state index contributed by atoms with van der Waals surface area (Å²) in [4.78, 5) is 4.91. The topological polar surface area (TPSA) is 70.9 Å². The molecule has 29 heavy (non-hydrogen) atoms. The van der Waals surface area contributed by atoms with Crippen LogP contribution in [0.3, 0.4) is 0 Å². The average Bonchev–Trinajstić information content (AvgIpc) is 3.31. The summed E-state index contributed by atoms with van der Waals surface area (Å²) >= 11 is 0. The van der Waals surface area contributed by atoms with Gasteiger partial charge < -0.3 is 9.64 Å². The third kappa shape index (κ3) is 5.79. The van der Waals surface area contributed by atoms with Crippen LogP contribution in [-0.2, 0) is 27.8 Å². The Morgan fingerprint density at radius 3 is 2.52 bits per heavy atom. The van der Waals surface area contributed by atoms with Crippen LogP contribution in [-0.4, -0.2) is 97.1 Å². The summed E-state index contributed by atoms with van der Waals surface area (Å²) in [6.45, 7) is 10.8. The van der Waals surface area contributed by atoms with Gasteiger partial charge in [0.05, 0.1) is 12.5 Å². The predicted molar refractivity (Wildman–Crippen MR) is 114 cm³/mol. The molecule has 1 aromatic heterocycles. The molecule has 0 bridgehead atoms. The minimum Gasteiger partial charge on any atom is -0.381 e. The molecule has 0 spiro atoms. The molecular weight excluding hydrogens is 390 g/mol. The van der Waals surface area contributed by atoms with Crippen molar-refractivity contribution in [3.8, 4) is 0 Å². The zero-order chi connectivity index (χ0) is 21.0. The molecule has 2 saturated heterocycles. The number of ether oxygens (including phenoxy) is 1. The molecule has 3 heterocycles. The van der Waals surface area contributed by atoms with E-state index in [-0.39, 0.29) is 0 Å². The zero-order valence-electron chi connectivity index (χ0n) is 18.4. The number of likely N-dealkylation sites (N-methyl/N-ethyl adjacent to an activating group) is 1. The van der Waals surface area contributed by atoms with Gasteiger partial charge in [0.2, 0.25) is 10.0 Å². The maximum Gasteiger partial charge on any atom is 0.211 e. The first-order valence-electron chi connectivity index (χ1n) is 10.8. The van der Waals surface area contributed by atoms with E-state index >= 15 is 0 Å². The van der Waals surface area contributed by atoms with Gasteiger partial charge in [0.15, 0.2) is 0 Å². The van der Waals surface area contributed by atoms with Crippen LogP contribution in [0.2, 0.25) is 0 Å². The second-order valence-corrected chi connectivity index (χ2v) is 10.4. The van der Waals surface area contributed by atoms with Gasteiger partial charge in [-0.3, -0.25) is 9.58 Å². The Kier molecular flexibility index (Phi) is 7.72. The van der Waals surface area contributed by atoms with Crippen molar-refractivity contribution in [2.24, 2.45) is 0 Å². The highest BCUT2D eigenvalue weighted by atomic mass is 32.2. The lowest BCUT2D eigenvalue weighted by molar-refractivity contribution is 0.0156. The maximum absolute atomic E-state index is 12.0. The third-order valence-electron chi connectivity index (χ3n) is 6.41. The van der Waals surface area contributed by atoms with Crippen LogP contribution in [0, 0.1) is 6.92 Å². The Balaban J connectivity index is 1.61. The fraction of sp³-hybridized carbons (Fsp3) is 0.850. The molecule has 166 valence electrons. The molecule has 8 nitrogen and oxygen atoms in total. The molecule has 1 aromatic rings. The van der Waals surface area contributed by atoms with Gasteiger partial charge in [-0.05, 0) is 40.2 Å². The fourth-order valence-corrected chi connectivity index (χ4v) is 5.46. The minimum atomic E-state index is -3.11. The van der Waals surface area contributed by atoms with Crippen LogP contribution >= 0.6 is 0 Å². The number of aryl methyl sites for hydroxylation is 1. The molecule has 0 radical (unpaired) electrons. The molecule has 0 N–H and O–H groups in total. The van der Waals surface area contributed by atoms with Crippen molar-refractivity contribution in [2.45, 2.75) is 58.3 Å². The predicted octanol–water partition coefficient (Wildman–Crippen LogP) is 1.16. The molecular formula is C20H37N5O3S. The lowest BCUT2D eigenvalue weighted by Gasteiger charge is -2.39. The van der Waals surface area contributed by atoms with Crippen molar-refractivity contribution in [2.75, 3.05) is 52.7 Å². The van der Waals surface area contributed by atoms with Crippen molar-refractivity contribution in [3.63, 3.8) is 0 Å². The van der Waals surface area contributed by atoms with E-state index in [4.69, 9.17) is 4.74 Å². The van der Waals surface area contributed by atoms with Crippen molar-refractivity contribution in [3.05, 3.63) is 17.5 Å². The lowest BCUT2D eigenvalue weighted by atomic mass is 10.0. The van der Waals surface area contributed by atoms with E-state index < -0.39 is 10.0 Å². The Morgan fingerprint density at radius 1 is 1.21 bits per heavy atom. The summed E-state index contributed by atoms with van der Waals surface area (Å²) in [5.74, 6) is 0. The molecule has 1 atom stereocenters. The molecule has 2 fully saturated rings. The Labute approximate surface area is 175 Å². The van der Waals surface area contributed by atoms with Gasteiger partial charge in [-0.25, -0.2) is 12.7 Å². The van der Waals surface area contributed by atoms with E-state index in [1.165, 1.54) is 17.5 Å². The van der Waals surface area contributed by atoms with E-state index in [0.717, 1.165) is 58.7 Å². The SMILES string of the molecule is CCn1ncc(CN(C)CCN(C2CCOCC2)C2CCN(S(C)(=O)=O)C2)c1C. The standard InChI is InChI=1S/C20H37N5O3S/c1-5-25-17(2)18(14-21-25)15-22(3)10-11-24(19-7-12-28-13-8-19)20-6-9-23(16-20)29(4,26)27/h14,19-20H,5-13,15-16H2,1-4H3. The highest BCUT2D eigenvalue weighted by molar-refractivity contribution is 7.88. The van der Waals surface area contributed by atoms with Crippen LogP contribution in [0.5, 0.6) is 0 Å². The second kappa shape index (κ2) is 9.87. The lowest BCUT2D eigenvalue weighted by Crippen LogP contribution is -2.49. The Hall–Kier alpha value is -1.00. The first kappa shape index (κ1) is 22.7. The summed E-state index contributed by atoms with van der Waals surface area (Å²) in [5, 5.41) is 4.45. The van der Waals surface area contributed by atoms with Crippen LogP contribution in [0.1, 0.15) is 37.4 Å². The average molecular weight is 428 g/mol. The quantitative estimate of drug-likeness (QED) is 0.589.